The van der Waals surface area contributed by atoms with Crippen molar-refractivity contribution in [2.24, 2.45) is 17.3 Å². The summed E-state index contributed by atoms with van der Waals surface area (Å²) in [4.78, 5) is 2.41. The molecule has 5 nitrogen and oxygen atoms in total. The lowest BCUT2D eigenvalue weighted by atomic mass is 9.59. The molecule has 1 aliphatic rings. The van der Waals surface area contributed by atoms with E-state index >= 15 is 0 Å². The molecule has 5 heteroatoms. The average Bonchev–Trinajstić information content (AvgIpc) is 3.05. The second-order valence-electron chi connectivity index (χ2n) is 8.69. The van der Waals surface area contributed by atoms with E-state index in [9.17, 15) is 0 Å². The Kier molecular flexibility index (Phi) is 8.11. The van der Waals surface area contributed by atoms with Crippen molar-refractivity contribution >= 4 is 0 Å². The first-order valence-corrected chi connectivity index (χ1v) is 10.1. The van der Waals surface area contributed by atoms with Gasteiger partial charge in [-0.15, -0.1) is 0 Å². The number of methoxy groups -OCH3 is 2. The highest BCUT2D eigenvalue weighted by Crippen LogP contribution is 2.50. The van der Waals surface area contributed by atoms with E-state index in [2.05, 4.69) is 42.9 Å². The summed E-state index contributed by atoms with van der Waals surface area (Å²) in [6.45, 7) is 10.7. The molecule has 0 radical (unpaired) electrons. The molecule has 0 aliphatic heterocycles. The minimum absolute atomic E-state index is 0.223. The molecule has 1 aromatic rings. The van der Waals surface area contributed by atoms with Gasteiger partial charge in [0.2, 0.25) is 0 Å². The topological polar surface area (TPSA) is 50.4 Å². The summed E-state index contributed by atoms with van der Waals surface area (Å²) >= 11 is 0. The zero-order valence-corrected chi connectivity index (χ0v) is 17.7. The monoisotopic (exact) mass is 365 g/mol. The van der Waals surface area contributed by atoms with Crippen LogP contribution >= 0.6 is 0 Å². The molecular formula is C21H39N3O2. The molecule has 0 saturated heterocycles. The second kappa shape index (κ2) is 9.86. The summed E-state index contributed by atoms with van der Waals surface area (Å²) < 4.78 is 11.1. The summed E-state index contributed by atoms with van der Waals surface area (Å²) in [6, 6.07) is 0. The van der Waals surface area contributed by atoms with Gasteiger partial charge >= 0.3 is 0 Å². The maximum absolute atomic E-state index is 5.57. The lowest BCUT2D eigenvalue weighted by Gasteiger charge is -2.48. The predicted octanol–water partition coefficient (Wildman–Crippen LogP) is 4.07. The Bertz CT molecular complexity index is 511. The van der Waals surface area contributed by atoms with Gasteiger partial charge in [0, 0.05) is 51.2 Å². The van der Waals surface area contributed by atoms with Gasteiger partial charge < -0.3 is 14.4 Å². The van der Waals surface area contributed by atoms with Crippen LogP contribution in [0, 0.1) is 17.3 Å². The Labute approximate surface area is 159 Å². The maximum atomic E-state index is 5.57. The van der Waals surface area contributed by atoms with Crippen LogP contribution in [0.4, 0.5) is 0 Å². The maximum Gasteiger partial charge on any atom is 0.0535 e. The fourth-order valence-electron chi connectivity index (χ4n) is 4.53. The molecule has 1 aromatic heterocycles. The third kappa shape index (κ3) is 5.08. The van der Waals surface area contributed by atoms with E-state index in [1.807, 2.05) is 20.4 Å². The quantitative estimate of drug-likeness (QED) is 0.679. The molecular weight excluding hydrogens is 326 g/mol. The fourth-order valence-corrected chi connectivity index (χ4v) is 4.53. The molecule has 0 amide bonds. The Balaban J connectivity index is 2.16. The Morgan fingerprint density at radius 3 is 2.35 bits per heavy atom. The number of hydrogen-bond donors (Lipinski definition) is 1. The van der Waals surface area contributed by atoms with Gasteiger partial charge in [-0.25, -0.2) is 0 Å². The molecule has 26 heavy (non-hydrogen) atoms. The summed E-state index contributed by atoms with van der Waals surface area (Å²) in [5.41, 5.74) is 2.90. The van der Waals surface area contributed by atoms with Crippen LogP contribution in [0.15, 0.2) is 6.20 Å². The van der Waals surface area contributed by atoms with Gasteiger partial charge in [0.15, 0.2) is 0 Å². The van der Waals surface area contributed by atoms with Gasteiger partial charge in [0.1, 0.15) is 0 Å². The van der Waals surface area contributed by atoms with Crippen molar-refractivity contribution in [3.8, 4) is 0 Å². The van der Waals surface area contributed by atoms with E-state index in [4.69, 9.17) is 9.47 Å². The summed E-state index contributed by atoms with van der Waals surface area (Å²) in [5.74, 6) is 1.56. The van der Waals surface area contributed by atoms with E-state index in [0.717, 1.165) is 39.1 Å². The van der Waals surface area contributed by atoms with Crippen LogP contribution in [0.2, 0.25) is 0 Å². The molecule has 1 fully saturated rings. The van der Waals surface area contributed by atoms with Crippen molar-refractivity contribution < 1.29 is 9.47 Å². The molecule has 1 saturated carbocycles. The summed E-state index contributed by atoms with van der Waals surface area (Å²) in [5, 5.41) is 7.73. The number of nitrogens with zero attached hydrogens (tertiary/aromatic N) is 2. The molecule has 1 N–H and O–H groups in total. The first-order valence-electron chi connectivity index (χ1n) is 10.1. The van der Waals surface area contributed by atoms with Gasteiger partial charge in [-0.1, -0.05) is 27.2 Å². The molecule has 1 heterocycles. The fraction of sp³-hybridized carbons (Fsp3) is 0.857. The molecule has 2 unspecified atom stereocenters. The number of aromatic amines is 1. The number of rotatable bonds is 10. The molecule has 2 atom stereocenters. The normalized spacial score (nSPS) is 25.7. The van der Waals surface area contributed by atoms with Gasteiger partial charge in [-0.3, -0.25) is 5.10 Å². The number of aromatic nitrogens is 2. The van der Waals surface area contributed by atoms with Crippen LogP contribution in [0.3, 0.4) is 0 Å². The lowest BCUT2D eigenvalue weighted by molar-refractivity contribution is -0.0344. The minimum atomic E-state index is 0.223. The van der Waals surface area contributed by atoms with Gasteiger partial charge in [0.05, 0.1) is 6.20 Å². The molecule has 2 rings (SSSR count). The van der Waals surface area contributed by atoms with Gasteiger partial charge in [0.25, 0.3) is 0 Å². The summed E-state index contributed by atoms with van der Waals surface area (Å²) in [7, 11) is 5.84. The molecule has 0 bridgehead atoms. The van der Waals surface area contributed by atoms with Crippen LogP contribution in [0.5, 0.6) is 0 Å². The number of ether oxygens (including phenoxy) is 2. The van der Waals surface area contributed by atoms with Gasteiger partial charge in [-0.2, -0.15) is 5.10 Å². The van der Waals surface area contributed by atoms with Crippen molar-refractivity contribution in [1.82, 2.24) is 15.1 Å². The van der Waals surface area contributed by atoms with E-state index < -0.39 is 0 Å². The predicted molar refractivity (Wildman–Crippen MR) is 106 cm³/mol. The number of hydrogen-bond acceptors (Lipinski definition) is 4. The largest absolute Gasteiger partial charge is 0.384 e. The van der Waals surface area contributed by atoms with Crippen LogP contribution in [0.1, 0.15) is 63.6 Å². The smallest absolute Gasteiger partial charge is 0.0535 e. The minimum Gasteiger partial charge on any atom is -0.384 e. The highest BCUT2D eigenvalue weighted by Gasteiger charge is 2.44. The van der Waals surface area contributed by atoms with E-state index in [1.165, 1.54) is 24.1 Å². The van der Waals surface area contributed by atoms with E-state index in [1.54, 1.807) is 0 Å². The van der Waals surface area contributed by atoms with Crippen LogP contribution in [0.25, 0.3) is 0 Å². The zero-order chi connectivity index (χ0) is 19.2. The molecule has 150 valence electrons. The van der Waals surface area contributed by atoms with Crippen molar-refractivity contribution in [3.05, 3.63) is 17.5 Å². The highest BCUT2D eigenvalue weighted by atomic mass is 16.5. The van der Waals surface area contributed by atoms with Crippen molar-refractivity contribution in [3.63, 3.8) is 0 Å². The SMILES string of the molecule is CCCCN(C)Cc1cn[nH]c1C1CC(COC)C(C)(C)C(COC)C1. The lowest BCUT2D eigenvalue weighted by Crippen LogP contribution is -2.43. The number of unbranched alkanes of at least 4 members (excludes halogenated alkanes) is 1. The Morgan fingerprint density at radius 1 is 1.19 bits per heavy atom. The molecule has 1 aliphatic carbocycles. The van der Waals surface area contributed by atoms with Crippen molar-refractivity contribution in [1.29, 1.82) is 0 Å². The molecule has 0 spiro atoms. The first-order chi connectivity index (χ1) is 12.4. The van der Waals surface area contributed by atoms with Crippen molar-refractivity contribution in [2.45, 2.75) is 58.9 Å². The Hall–Kier alpha value is -0.910. The van der Waals surface area contributed by atoms with Gasteiger partial charge in [-0.05, 0) is 50.1 Å². The Morgan fingerprint density at radius 2 is 1.81 bits per heavy atom. The van der Waals surface area contributed by atoms with E-state index in [-0.39, 0.29) is 5.41 Å². The number of nitrogens with one attached hydrogen (secondary N) is 1. The number of H-pyrrole nitrogens is 1. The van der Waals surface area contributed by atoms with Crippen LogP contribution < -0.4 is 0 Å². The average molecular weight is 366 g/mol. The highest BCUT2D eigenvalue weighted by molar-refractivity contribution is 5.22. The summed E-state index contributed by atoms with van der Waals surface area (Å²) in [6.07, 6.45) is 6.79. The second-order valence-corrected chi connectivity index (χ2v) is 8.69. The zero-order valence-electron chi connectivity index (χ0n) is 17.7. The third-order valence-electron chi connectivity index (χ3n) is 6.47. The van der Waals surface area contributed by atoms with Crippen LogP contribution in [-0.2, 0) is 16.0 Å². The first kappa shape index (κ1) is 21.4. The third-order valence-corrected chi connectivity index (χ3v) is 6.47. The van der Waals surface area contributed by atoms with E-state index in [0.29, 0.717) is 17.8 Å². The molecule has 0 aromatic carbocycles. The standard InChI is InChI=1S/C21H39N3O2/c1-7-8-9-24(4)13-17-12-22-23-20(17)16-10-18(14-25-5)21(2,3)19(11-16)15-26-6/h12,16,18-19H,7-11,13-15H2,1-6H3,(H,22,23). The van der Waals surface area contributed by atoms with Crippen molar-refractivity contribution in [2.75, 3.05) is 41.0 Å². The van der Waals surface area contributed by atoms with Crippen LogP contribution in [-0.4, -0.2) is 56.1 Å².